The van der Waals surface area contributed by atoms with Crippen LogP contribution in [-0.2, 0) is 9.53 Å². The molecule has 0 amide bonds. The van der Waals surface area contributed by atoms with E-state index in [0.717, 1.165) is 12.8 Å². The van der Waals surface area contributed by atoms with Crippen LogP contribution in [0.3, 0.4) is 0 Å². The molecule has 0 aliphatic carbocycles. The smallest absolute Gasteiger partial charge is 0.138 e. The Balaban J connectivity index is 3.65. The van der Waals surface area contributed by atoms with Gasteiger partial charge in [-0.2, -0.15) is 0 Å². The number of hydrogen-bond acceptors (Lipinski definition) is 2. The largest absolute Gasteiger partial charge is 0.384 e. The molecule has 0 aliphatic heterocycles. The Morgan fingerprint density at radius 1 is 1.20 bits per heavy atom. The first-order valence-corrected chi connectivity index (χ1v) is 6.27. The topological polar surface area (TPSA) is 26.3 Å². The summed E-state index contributed by atoms with van der Waals surface area (Å²) in [5.41, 5.74) is 0. The van der Waals surface area contributed by atoms with Crippen molar-refractivity contribution in [1.29, 1.82) is 0 Å². The van der Waals surface area contributed by atoms with Crippen LogP contribution in [0.15, 0.2) is 0 Å². The molecule has 0 radical (unpaired) electrons. The molecule has 0 aromatic heterocycles. The highest BCUT2D eigenvalue weighted by molar-refractivity contribution is 5.80. The summed E-state index contributed by atoms with van der Waals surface area (Å²) < 4.78 is 4.93. The fourth-order valence-corrected chi connectivity index (χ4v) is 1.82. The van der Waals surface area contributed by atoms with Crippen molar-refractivity contribution in [1.82, 2.24) is 0 Å². The minimum Gasteiger partial charge on any atom is -0.384 e. The predicted octanol–water partition coefficient (Wildman–Crippen LogP) is 3.59. The number of unbranched alkanes of at least 4 members (excludes halogenated alkanes) is 3. The number of ether oxygens (including phenoxy) is 1. The minimum absolute atomic E-state index is 0.275. The van der Waals surface area contributed by atoms with E-state index >= 15 is 0 Å². The van der Waals surface area contributed by atoms with Crippen LogP contribution in [-0.4, -0.2) is 19.5 Å². The van der Waals surface area contributed by atoms with E-state index in [1.165, 1.54) is 25.7 Å². The van der Waals surface area contributed by atoms with Gasteiger partial charge in [-0.15, -0.1) is 0 Å². The summed E-state index contributed by atoms with van der Waals surface area (Å²) in [6.45, 7) is 4.89. The molecule has 0 spiro atoms. The van der Waals surface area contributed by atoms with Crippen molar-refractivity contribution in [2.24, 2.45) is 5.92 Å². The fraction of sp³-hybridized carbons (Fsp3) is 0.923. The van der Waals surface area contributed by atoms with Crippen LogP contribution in [0.1, 0.15) is 58.8 Å². The quantitative estimate of drug-likeness (QED) is 0.519. The second-order valence-electron chi connectivity index (χ2n) is 4.16. The standard InChI is InChI=1S/C13H26O2/c1-4-6-7-8-9-12(5-2)13(14)10-11-15-3/h12H,4-11H2,1-3H3. The van der Waals surface area contributed by atoms with Gasteiger partial charge in [-0.05, 0) is 12.8 Å². The highest BCUT2D eigenvalue weighted by atomic mass is 16.5. The van der Waals surface area contributed by atoms with E-state index in [1.807, 2.05) is 0 Å². The van der Waals surface area contributed by atoms with Crippen molar-refractivity contribution in [3.05, 3.63) is 0 Å². The zero-order chi connectivity index (χ0) is 11.5. The van der Waals surface area contributed by atoms with Crippen molar-refractivity contribution in [2.75, 3.05) is 13.7 Å². The number of ketones is 1. The van der Waals surface area contributed by atoms with E-state index in [2.05, 4.69) is 13.8 Å². The van der Waals surface area contributed by atoms with Crippen molar-refractivity contribution >= 4 is 5.78 Å². The van der Waals surface area contributed by atoms with E-state index in [-0.39, 0.29) is 5.92 Å². The Morgan fingerprint density at radius 3 is 2.47 bits per heavy atom. The highest BCUT2D eigenvalue weighted by Crippen LogP contribution is 2.16. The third-order valence-corrected chi connectivity index (χ3v) is 2.91. The lowest BCUT2D eigenvalue weighted by atomic mass is 9.92. The Labute approximate surface area is 94.4 Å². The molecule has 1 atom stereocenters. The third-order valence-electron chi connectivity index (χ3n) is 2.91. The van der Waals surface area contributed by atoms with Gasteiger partial charge in [0, 0.05) is 19.4 Å². The minimum atomic E-state index is 0.275. The van der Waals surface area contributed by atoms with E-state index in [0.29, 0.717) is 18.8 Å². The summed E-state index contributed by atoms with van der Waals surface area (Å²) in [4.78, 5) is 11.7. The van der Waals surface area contributed by atoms with Gasteiger partial charge in [0.05, 0.1) is 6.61 Å². The van der Waals surface area contributed by atoms with Gasteiger partial charge < -0.3 is 4.74 Å². The first-order chi connectivity index (χ1) is 7.26. The maximum atomic E-state index is 11.7. The second-order valence-corrected chi connectivity index (χ2v) is 4.16. The highest BCUT2D eigenvalue weighted by Gasteiger charge is 2.14. The summed E-state index contributed by atoms with van der Waals surface area (Å²) in [5.74, 6) is 0.660. The predicted molar refractivity (Wildman–Crippen MR) is 64.0 cm³/mol. The summed E-state index contributed by atoms with van der Waals surface area (Å²) in [5, 5.41) is 0. The van der Waals surface area contributed by atoms with Crippen molar-refractivity contribution < 1.29 is 9.53 Å². The molecular weight excluding hydrogens is 188 g/mol. The van der Waals surface area contributed by atoms with Crippen molar-refractivity contribution in [3.63, 3.8) is 0 Å². The number of Topliss-reactive ketones (excluding diaryl/α,β-unsaturated/α-hetero) is 1. The van der Waals surface area contributed by atoms with Crippen molar-refractivity contribution in [2.45, 2.75) is 58.8 Å². The first-order valence-electron chi connectivity index (χ1n) is 6.27. The average molecular weight is 214 g/mol. The molecule has 2 nitrogen and oxygen atoms in total. The molecule has 0 rings (SSSR count). The molecule has 2 heteroatoms. The Kier molecular flexibility index (Phi) is 9.91. The summed E-state index contributed by atoms with van der Waals surface area (Å²) in [6.07, 6.45) is 7.66. The molecule has 0 saturated heterocycles. The zero-order valence-corrected chi connectivity index (χ0v) is 10.6. The molecule has 1 unspecified atom stereocenters. The van der Waals surface area contributed by atoms with Gasteiger partial charge in [0.2, 0.25) is 0 Å². The SMILES string of the molecule is CCCCCCC(CC)C(=O)CCOC. The molecule has 0 saturated carbocycles. The van der Waals surface area contributed by atoms with Gasteiger partial charge >= 0.3 is 0 Å². The van der Waals surface area contributed by atoms with Gasteiger partial charge in [-0.3, -0.25) is 4.79 Å². The van der Waals surface area contributed by atoms with Gasteiger partial charge in [-0.25, -0.2) is 0 Å². The molecule has 0 aliphatic rings. The Morgan fingerprint density at radius 2 is 1.93 bits per heavy atom. The molecule has 0 heterocycles. The molecule has 0 aromatic rings. The first kappa shape index (κ1) is 14.6. The fourth-order valence-electron chi connectivity index (χ4n) is 1.82. The summed E-state index contributed by atoms with van der Waals surface area (Å²) in [7, 11) is 1.65. The lowest BCUT2D eigenvalue weighted by Crippen LogP contribution is -2.15. The lowest BCUT2D eigenvalue weighted by Gasteiger charge is -2.13. The number of methoxy groups -OCH3 is 1. The summed E-state index contributed by atoms with van der Waals surface area (Å²) >= 11 is 0. The molecule has 0 bridgehead atoms. The molecule has 90 valence electrons. The van der Waals surface area contributed by atoms with E-state index < -0.39 is 0 Å². The number of rotatable bonds is 10. The zero-order valence-electron chi connectivity index (χ0n) is 10.6. The maximum absolute atomic E-state index is 11.7. The second kappa shape index (κ2) is 10.2. The van der Waals surface area contributed by atoms with Gasteiger partial charge in [0.1, 0.15) is 5.78 Å². The molecule has 0 N–H and O–H groups in total. The van der Waals surface area contributed by atoms with Crippen LogP contribution in [0, 0.1) is 5.92 Å². The van der Waals surface area contributed by atoms with Crippen LogP contribution < -0.4 is 0 Å². The van der Waals surface area contributed by atoms with Crippen LogP contribution in [0.4, 0.5) is 0 Å². The molecule has 0 fully saturated rings. The summed E-state index contributed by atoms with van der Waals surface area (Å²) in [6, 6.07) is 0. The van der Waals surface area contributed by atoms with E-state index in [9.17, 15) is 4.79 Å². The number of hydrogen-bond donors (Lipinski definition) is 0. The van der Waals surface area contributed by atoms with E-state index in [1.54, 1.807) is 7.11 Å². The van der Waals surface area contributed by atoms with Crippen LogP contribution in [0.25, 0.3) is 0 Å². The molecule has 0 aromatic carbocycles. The average Bonchev–Trinajstić information content (AvgIpc) is 2.26. The van der Waals surface area contributed by atoms with Gasteiger partial charge in [-0.1, -0.05) is 39.5 Å². The number of carbonyl (C=O) groups is 1. The lowest BCUT2D eigenvalue weighted by molar-refractivity contribution is -0.124. The normalized spacial score (nSPS) is 12.7. The monoisotopic (exact) mass is 214 g/mol. The van der Waals surface area contributed by atoms with Gasteiger partial charge in [0.15, 0.2) is 0 Å². The van der Waals surface area contributed by atoms with Gasteiger partial charge in [0.25, 0.3) is 0 Å². The van der Waals surface area contributed by atoms with Crippen molar-refractivity contribution in [3.8, 4) is 0 Å². The molecular formula is C13H26O2. The third kappa shape index (κ3) is 7.55. The maximum Gasteiger partial charge on any atom is 0.138 e. The number of carbonyl (C=O) groups excluding carboxylic acids is 1. The van der Waals surface area contributed by atoms with Crippen LogP contribution in [0.5, 0.6) is 0 Å². The Hall–Kier alpha value is -0.370. The van der Waals surface area contributed by atoms with Crippen LogP contribution >= 0.6 is 0 Å². The molecule has 15 heavy (non-hydrogen) atoms. The van der Waals surface area contributed by atoms with Crippen LogP contribution in [0.2, 0.25) is 0 Å². The van der Waals surface area contributed by atoms with E-state index in [4.69, 9.17) is 4.74 Å². The Bertz CT molecular complexity index is 155.